The van der Waals surface area contributed by atoms with Crippen molar-refractivity contribution < 1.29 is 9.90 Å². The zero-order valence-electron chi connectivity index (χ0n) is 9.69. The first-order valence-corrected chi connectivity index (χ1v) is 6.72. The number of hydrogen-bond donors (Lipinski definition) is 1. The molecular formula is C12H13N3O2S. The van der Waals surface area contributed by atoms with Crippen molar-refractivity contribution in [3.8, 4) is 0 Å². The molecule has 5 nitrogen and oxygen atoms in total. The third kappa shape index (κ3) is 1.88. The second-order valence-electron chi connectivity index (χ2n) is 4.27. The van der Waals surface area contributed by atoms with Crippen LogP contribution < -0.4 is 0 Å². The summed E-state index contributed by atoms with van der Waals surface area (Å²) in [5.41, 5.74) is 0. The van der Waals surface area contributed by atoms with Crippen LogP contribution in [0.5, 0.6) is 0 Å². The van der Waals surface area contributed by atoms with Crippen LogP contribution >= 0.6 is 11.3 Å². The van der Waals surface area contributed by atoms with Gasteiger partial charge in [0.2, 0.25) is 0 Å². The summed E-state index contributed by atoms with van der Waals surface area (Å²) in [7, 11) is 0. The Morgan fingerprint density at radius 2 is 2.50 bits per heavy atom. The molecular weight excluding hydrogens is 250 g/mol. The summed E-state index contributed by atoms with van der Waals surface area (Å²) >= 11 is 1.63. The van der Waals surface area contributed by atoms with E-state index in [-0.39, 0.29) is 6.04 Å². The number of carboxylic acid groups (broad SMARTS) is 1. The molecule has 1 unspecified atom stereocenters. The lowest BCUT2D eigenvalue weighted by Crippen LogP contribution is -2.32. The third-order valence-electron chi connectivity index (χ3n) is 3.20. The van der Waals surface area contributed by atoms with Gasteiger partial charge in [0.1, 0.15) is 10.7 Å². The van der Waals surface area contributed by atoms with E-state index in [1.54, 1.807) is 11.3 Å². The van der Waals surface area contributed by atoms with Gasteiger partial charge in [0.15, 0.2) is 0 Å². The highest BCUT2D eigenvalue weighted by atomic mass is 32.1. The van der Waals surface area contributed by atoms with E-state index in [1.807, 2.05) is 34.3 Å². The summed E-state index contributed by atoms with van der Waals surface area (Å²) in [6, 6.07) is -0.0199. The first kappa shape index (κ1) is 11.3. The minimum atomic E-state index is -0.842. The Morgan fingerprint density at radius 3 is 3.33 bits per heavy atom. The molecule has 2 aromatic rings. The van der Waals surface area contributed by atoms with Crippen LogP contribution in [0.25, 0.3) is 10.9 Å². The first-order chi connectivity index (χ1) is 8.75. The summed E-state index contributed by atoms with van der Waals surface area (Å²) in [4.78, 5) is 17.9. The molecule has 2 aromatic heterocycles. The maximum atomic E-state index is 11.0. The van der Waals surface area contributed by atoms with E-state index in [1.165, 1.54) is 4.90 Å². The van der Waals surface area contributed by atoms with Crippen LogP contribution in [0.4, 0.5) is 4.79 Å². The van der Waals surface area contributed by atoms with Gasteiger partial charge in [-0.2, -0.15) is 0 Å². The molecule has 0 bridgehead atoms. The van der Waals surface area contributed by atoms with E-state index < -0.39 is 6.09 Å². The number of nitrogens with zero attached hydrogens (tertiary/aromatic N) is 3. The van der Waals surface area contributed by atoms with Gasteiger partial charge in [-0.25, -0.2) is 9.78 Å². The van der Waals surface area contributed by atoms with E-state index >= 15 is 0 Å². The van der Waals surface area contributed by atoms with Crippen molar-refractivity contribution >= 4 is 28.3 Å². The second-order valence-corrected chi connectivity index (χ2v) is 5.20. The summed E-state index contributed by atoms with van der Waals surface area (Å²) in [6.07, 6.45) is 8.62. The van der Waals surface area contributed by atoms with Gasteiger partial charge in [-0.1, -0.05) is 6.08 Å². The average molecular weight is 263 g/mol. The van der Waals surface area contributed by atoms with Gasteiger partial charge in [-0.05, 0) is 18.9 Å². The maximum absolute atomic E-state index is 11.0. The Labute approximate surface area is 108 Å². The fraction of sp³-hybridized carbons (Fsp3) is 0.333. The highest BCUT2D eigenvalue weighted by Gasteiger charge is 2.26. The van der Waals surface area contributed by atoms with E-state index in [2.05, 4.69) is 4.98 Å². The minimum absolute atomic E-state index is 0.0199. The molecule has 1 aliphatic heterocycles. The monoisotopic (exact) mass is 263 g/mol. The highest BCUT2D eigenvalue weighted by molar-refractivity contribution is 7.15. The van der Waals surface area contributed by atoms with Gasteiger partial charge in [0.25, 0.3) is 0 Å². The van der Waals surface area contributed by atoms with E-state index in [0.29, 0.717) is 6.54 Å². The Bertz CT molecular complexity index is 601. The van der Waals surface area contributed by atoms with Gasteiger partial charge < -0.3 is 10.0 Å². The second kappa shape index (κ2) is 4.45. The van der Waals surface area contributed by atoms with Gasteiger partial charge in [0.05, 0.1) is 12.2 Å². The smallest absolute Gasteiger partial charge is 0.407 e. The normalized spacial score (nSPS) is 20.2. The zero-order valence-corrected chi connectivity index (χ0v) is 10.5. The standard InChI is InChI=1S/C12H13N3O2S/c16-12(17)14-5-1-2-9(14)3-4-10-13-8-11-15(10)6-7-18-11/h3-4,6-9H,1-2,5H2,(H,16,17)/b4-3+. The SMILES string of the molecule is O=C(O)N1CCCC1/C=C/c1ncc2sccn12. The van der Waals surface area contributed by atoms with Gasteiger partial charge in [0, 0.05) is 18.1 Å². The molecule has 1 atom stereocenters. The lowest BCUT2D eigenvalue weighted by molar-refractivity contribution is 0.147. The van der Waals surface area contributed by atoms with Crippen LogP contribution in [-0.2, 0) is 0 Å². The van der Waals surface area contributed by atoms with Gasteiger partial charge >= 0.3 is 6.09 Å². The van der Waals surface area contributed by atoms with Crippen molar-refractivity contribution in [1.29, 1.82) is 0 Å². The van der Waals surface area contributed by atoms with E-state index in [0.717, 1.165) is 23.5 Å². The van der Waals surface area contributed by atoms with Crippen molar-refractivity contribution in [3.05, 3.63) is 29.7 Å². The molecule has 1 amide bonds. The number of likely N-dealkylation sites (tertiary alicyclic amines) is 1. The fourth-order valence-electron chi connectivity index (χ4n) is 2.31. The highest BCUT2D eigenvalue weighted by Crippen LogP contribution is 2.20. The summed E-state index contributed by atoms with van der Waals surface area (Å²) in [5.74, 6) is 0.850. The van der Waals surface area contributed by atoms with Gasteiger partial charge in [-0.3, -0.25) is 4.40 Å². The number of carbonyl (C=O) groups is 1. The number of hydrogen-bond acceptors (Lipinski definition) is 3. The maximum Gasteiger partial charge on any atom is 0.407 e. The molecule has 0 aromatic carbocycles. The minimum Gasteiger partial charge on any atom is -0.465 e. The molecule has 1 fully saturated rings. The van der Waals surface area contributed by atoms with Crippen LogP contribution in [0.2, 0.25) is 0 Å². The van der Waals surface area contributed by atoms with Crippen LogP contribution in [-0.4, -0.2) is 38.1 Å². The van der Waals surface area contributed by atoms with Crippen LogP contribution in [0, 0.1) is 0 Å². The number of rotatable bonds is 2. The summed E-state index contributed by atoms with van der Waals surface area (Å²) < 4.78 is 2.00. The van der Waals surface area contributed by atoms with Crippen molar-refractivity contribution in [2.75, 3.05) is 6.54 Å². The lowest BCUT2D eigenvalue weighted by Gasteiger charge is -2.17. The topological polar surface area (TPSA) is 57.8 Å². The number of aromatic nitrogens is 2. The molecule has 18 heavy (non-hydrogen) atoms. The molecule has 0 aliphatic carbocycles. The quantitative estimate of drug-likeness (QED) is 0.905. The molecule has 3 heterocycles. The molecule has 1 N–H and O–H groups in total. The predicted molar refractivity (Wildman–Crippen MR) is 69.9 cm³/mol. The molecule has 6 heteroatoms. The summed E-state index contributed by atoms with van der Waals surface area (Å²) in [6.45, 7) is 0.625. The fourth-order valence-corrected chi connectivity index (χ4v) is 3.01. The Morgan fingerprint density at radius 1 is 1.61 bits per heavy atom. The molecule has 0 spiro atoms. The third-order valence-corrected chi connectivity index (χ3v) is 4.00. The van der Waals surface area contributed by atoms with E-state index in [4.69, 9.17) is 5.11 Å². The summed E-state index contributed by atoms with van der Waals surface area (Å²) in [5, 5.41) is 11.1. The van der Waals surface area contributed by atoms with Crippen molar-refractivity contribution in [2.45, 2.75) is 18.9 Å². The number of thiazole rings is 1. The molecule has 1 aliphatic rings. The number of amides is 1. The first-order valence-electron chi connectivity index (χ1n) is 5.84. The number of fused-ring (bicyclic) bond motifs is 1. The van der Waals surface area contributed by atoms with Gasteiger partial charge in [-0.15, -0.1) is 11.3 Å². The van der Waals surface area contributed by atoms with E-state index in [9.17, 15) is 4.79 Å². The molecule has 0 saturated carbocycles. The Balaban J connectivity index is 1.82. The van der Waals surface area contributed by atoms with Crippen molar-refractivity contribution in [1.82, 2.24) is 14.3 Å². The number of imidazole rings is 1. The zero-order chi connectivity index (χ0) is 12.5. The van der Waals surface area contributed by atoms with Crippen molar-refractivity contribution in [3.63, 3.8) is 0 Å². The lowest BCUT2D eigenvalue weighted by atomic mass is 10.2. The molecule has 1 saturated heterocycles. The Kier molecular flexibility index (Phi) is 2.79. The largest absolute Gasteiger partial charge is 0.465 e. The molecule has 94 valence electrons. The van der Waals surface area contributed by atoms with Crippen LogP contribution in [0.3, 0.4) is 0 Å². The molecule has 3 rings (SSSR count). The van der Waals surface area contributed by atoms with Crippen LogP contribution in [0.1, 0.15) is 18.7 Å². The van der Waals surface area contributed by atoms with Crippen LogP contribution in [0.15, 0.2) is 23.8 Å². The molecule has 0 radical (unpaired) electrons. The Hall–Kier alpha value is -1.82. The average Bonchev–Trinajstić information content (AvgIpc) is 3.03. The van der Waals surface area contributed by atoms with Crippen molar-refractivity contribution in [2.24, 2.45) is 0 Å². The predicted octanol–water partition coefficient (Wildman–Crippen LogP) is 2.55.